The molecule has 0 saturated heterocycles. The molecule has 0 unspecified atom stereocenters. The Hall–Kier alpha value is -2.77. The average molecular weight is 365 g/mol. The molecule has 0 fully saturated rings. The number of hydrogen-bond donors (Lipinski definition) is 4. The minimum atomic E-state index is -1.12. The molecule has 0 aliphatic rings. The highest BCUT2D eigenvalue weighted by Crippen LogP contribution is 2.08. The third kappa shape index (κ3) is 9.51. The first kappa shape index (κ1) is 21.3. The normalized spacial score (nSPS) is 12.0. The molecule has 0 spiro atoms. The van der Waals surface area contributed by atoms with Crippen LogP contribution in [0.15, 0.2) is 30.3 Å². The summed E-state index contributed by atoms with van der Waals surface area (Å²) in [5, 5.41) is 16.9. The molecule has 1 aromatic carbocycles. The first-order chi connectivity index (χ1) is 12.2. The number of carbonyl (C=O) groups excluding carboxylic acids is 2. The third-order valence-electron chi connectivity index (χ3n) is 3.23. The molecule has 0 heterocycles. The fourth-order valence-corrected chi connectivity index (χ4v) is 2.08. The van der Waals surface area contributed by atoms with Crippen LogP contribution in [0.25, 0.3) is 0 Å². The number of carbonyl (C=O) groups is 3. The second kappa shape index (κ2) is 10.3. The quantitative estimate of drug-likeness (QED) is 0.529. The van der Waals surface area contributed by atoms with Crippen molar-refractivity contribution in [3.05, 3.63) is 30.3 Å². The predicted octanol–water partition coefficient (Wildman–Crippen LogP) is 2.96. The van der Waals surface area contributed by atoms with E-state index in [1.54, 1.807) is 32.9 Å². The van der Waals surface area contributed by atoms with Gasteiger partial charge in [-0.3, -0.25) is 0 Å². The van der Waals surface area contributed by atoms with Crippen LogP contribution < -0.4 is 16.0 Å². The van der Waals surface area contributed by atoms with E-state index in [0.717, 1.165) is 0 Å². The number of unbranched alkanes of at least 4 members (excludes halogenated alkanes) is 1. The lowest BCUT2D eigenvalue weighted by atomic mass is 10.1. The smallest absolute Gasteiger partial charge is 0.408 e. The zero-order valence-electron chi connectivity index (χ0n) is 15.4. The van der Waals surface area contributed by atoms with Crippen molar-refractivity contribution in [3.8, 4) is 0 Å². The number of urea groups is 1. The van der Waals surface area contributed by atoms with Crippen LogP contribution in [0.3, 0.4) is 0 Å². The van der Waals surface area contributed by atoms with E-state index < -0.39 is 23.7 Å². The van der Waals surface area contributed by atoms with Gasteiger partial charge in [-0.05, 0) is 52.2 Å². The van der Waals surface area contributed by atoms with E-state index in [4.69, 9.17) is 4.74 Å². The highest BCUT2D eigenvalue weighted by molar-refractivity contribution is 5.89. The summed E-state index contributed by atoms with van der Waals surface area (Å²) < 4.78 is 5.06. The number of nitrogens with one attached hydrogen (secondary N) is 3. The number of hydrogen-bond acceptors (Lipinski definition) is 4. The van der Waals surface area contributed by atoms with E-state index in [0.29, 0.717) is 25.1 Å². The summed E-state index contributed by atoms with van der Waals surface area (Å²) >= 11 is 0. The monoisotopic (exact) mass is 365 g/mol. The highest BCUT2D eigenvalue weighted by Gasteiger charge is 2.23. The number of rotatable bonds is 8. The fourth-order valence-electron chi connectivity index (χ4n) is 2.08. The van der Waals surface area contributed by atoms with Crippen molar-refractivity contribution in [2.45, 2.75) is 51.7 Å². The van der Waals surface area contributed by atoms with Gasteiger partial charge in [0.2, 0.25) is 0 Å². The molecular formula is C18H27N3O5. The van der Waals surface area contributed by atoms with E-state index in [9.17, 15) is 19.5 Å². The Morgan fingerprint density at radius 3 is 2.35 bits per heavy atom. The fraction of sp³-hybridized carbons (Fsp3) is 0.500. The Kier molecular flexibility index (Phi) is 8.41. The Balaban J connectivity index is 2.25. The van der Waals surface area contributed by atoms with Gasteiger partial charge in [-0.25, -0.2) is 14.4 Å². The maximum absolute atomic E-state index is 11.7. The van der Waals surface area contributed by atoms with Crippen molar-refractivity contribution in [1.29, 1.82) is 0 Å². The molecule has 0 radical (unpaired) electrons. The Morgan fingerprint density at radius 1 is 1.12 bits per heavy atom. The van der Waals surface area contributed by atoms with Crippen molar-refractivity contribution in [1.82, 2.24) is 10.6 Å². The van der Waals surface area contributed by atoms with Crippen LogP contribution in [0, 0.1) is 0 Å². The van der Waals surface area contributed by atoms with Gasteiger partial charge in [-0.2, -0.15) is 0 Å². The average Bonchev–Trinajstić information content (AvgIpc) is 2.52. The van der Waals surface area contributed by atoms with Gasteiger partial charge in [0, 0.05) is 12.2 Å². The largest absolute Gasteiger partial charge is 0.480 e. The second-order valence-corrected chi connectivity index (χ2v) is 6.78. The standard InChI is InChI=1S/C18H27N3O5/c1-18(2,3)26-17(25)21-14(15(22)23)11-7-8-12-19-16(24)20-13-9-5-4-6-10-13/h4-6,9-10,14H,7-8,11-12H2,1-3H3,(H,21,25)(H,22,23)(H2,19,20,24)/t14-/m0/s1. The lowest BCUT2D eigenvalue weighted by molar-refractivity contribution is -0.139. The predicted molar refractivity (Wildman–Crippen MR) is 98.1 cm³/mol. The SMILES string of the molecule is CC(C)(C)OC(=O)N[C@@H](CCCCNC(=O)Nc1ccccc1)C(=O)O. The Morgan fingerprint density at radius 2 is 1.77 bits per heavy atom. The lowest BCUT2D eigenvalue weighted by Gasteiger charge is -2.22. The van der Waals surface area contributed by atoms with Gasteiger partial charge in [-0.1, -0.05) is 18.2 Å². The van der Waals surface area contributed by atoms with E-state index in [-0.39, 0.29) is 12.5 Å². The third-order valence-corrected chi connectivity index (χ3v) is 3.23. The summed E-state index contributed by atoms with van der Waals surface area (Å²) in [7, 11) is 0. The Bertz CT molecular complexity index is 599. The maximum atomic E-state index is 11.7. The first-order valence-electron chi connectivity index (χ1n) is 8.49. The summed E-state index contributed by atoms with van der Waals surface area (Å²) in [5.74, 6) is -1.12. The van der Waals surface area contributed by atoms with E-state index in [2.05, 4.69) is 16.0 Å². The summed E-state index contributed by atoms with van der Waals surface area (Å²) in [5.41, 5.74) is 0.000833. The molecular weight excluding hydrogens is 338 g/mol. The maximum Gasteiger partial charge on any atom is 0.408 e. The van der Waals surface area contributed by atoms with Gasteiger partial charge in [-0.15, -0.1) is 0 Å². The number of carboxylic acid groups (broad SMARTS) is 1. The molecule has 8 heteroatoms. The van der Waals surface area contributed by atoms with Gasteiger partial charge >= 0.3 is 18.1 Å². The molecule has 1 aromatic rings. The zero-order chi connectivity index (χ0) is 19.6. The van der Waals surface area contributed by atoms with Crippen molar-refractivity contribution in [2.75, 3.05) is 11.9 Å². The Labute approximate surface area is 153 Å². The van der Waals surface area contributed by atoms with Crippen molar-refractivity contribution < 1.29 is 24.2 Å². The molecule has 26 heavy (non-hydrogen) atoms. The minimum absolute atomic E-state index is 0.247. The van der Waals surface area contributed by atoms with Crippen LogP contribution in [-0.2, 0) is 9.53 Å². The summed E-state index contributed by atoms with van der Waals surface area (Å²) in [6.45, 7) is 5.51. The molecule has 0 saturated carbocycles. The van der Waals surface area contributed by atoms with E-state index in [1.807, 2.05) is 18.2 Å². The molecule has 1 atom stereocenters. The molecule has 0 aromatic heterocycles. The highest BCUT2D eigenvalue weighted by atomic mass is 16.6. The van der Waals surface area contributed by atoms with Gasteiger partial charge in [0.1, 0.15) is 11.6 Å². The molecule has 0 aliphatic heterocycles. The molecule has 3 amide bonds. The van der Waals surface area contributed by atoms with Crippen molar-refractivity contribution >= 4 is 23.8 Å². The number of carboxylic acids is 1. The number of anilines is 1. The van der Waals surface area contributed by atoms with Crippen LogP contribution in [0.5, 0.6) is 0 Å². The molecule has 4 N–H and O–H groups in total. The first-order valence-corrected chi connectivity index (χ1v) is 8.49. The number of ether oxygens (including phenoxy) is 1. The van der Waals surface area contributed by atoms with Crippen molar-refractivity contribution in [3.63, 3.8) is 0 Å². The number of para-hydroxylation sites is 1. The van der Waals surface area contributed by atoms with E-state index in [1.165, 1.54) is 0 Å². The molecule has 8 nitrogen and oxygen atoms in total. The number of amides is 3. The lowest BCUT2D eigenvalue weighted by Crippen LogP contribution is -2.43. The summed E-state index contributed by atoms with van der Waals surface area (Å²) in [6.07, 6.45) is 0.599. The van der Waals surface area contributed by atoms with Gasteiger partial charge in [0.15, 0.2) is 0 Å². The minimum Gasteiger partial charge on any atom is -0.480 e. The molecule has 1 rings (SSSR count). The van der Waals surface area contributed by atoms with E-state index >= 15 is 0 Å². The number of alkyl carbamates (subject to hydrolysis) is 1. The van der Waals surface area contributed by atoms with Crippen LogP contribution in [0.1, 0.15) is 40.0 Å². The van der Waals surface area contributed by atoms with Gasteiger partial charge < -0.3 is 25.8 Å². The summed E-state index contributed by atoms with van der Waals surface area (Å²) in [4.78, 5) is 34.6. The van der Waals surface area contributed by atoms with Crippen LogP contribution in [-0.4, -0.2) is 41.4 Å². The molecule has 144 valence electrons. The van der Waals surface area contributed by atoms with Gasteiger partial charge in [0.25, 0.3) is 0 Å². The molecule has 0 aliphatic carbocycles. The molecule has 0 bridgehead atoms. The van der Waals surface area contributed by atoms with Gasteiger partial charge in [0.05, 0.1) is 0 Å². The summed E-state index contributed by atoms with van der Waals surface area (Å²) in [6, 6.07) is 7.70. The number of aliphatic carboxylic acids is 1. The van der Waals surface area contributed by atoms with Crippen LogP contribution in [0.4, 0.5) is 15.3 Å². The zero-order valence-corrected chi connectivity index (χ0v) is 15.4. The van der Waals surface area contributed by atoms with Crippen LogP contribution >= 0.6 is 0 Å². The van der Waals surface area contributed by atoms with Crippen molar-refractivity contribution in [2.24, 2.45) is 0 Å². The second-order valence-electron chi connectivity index (χ2n) is 6.78. The topological polar surface area (TPSA) is 117 Å². The van der Waals surface area contributed by atoms with Crippen LogP contribution in [0.2, 0.25) is 0 Å². The number of benzene rings is 1.